The van der Waals surface area contributed by atoms with Crippen molar-refractivity contribution in [2.24, 2.45) is 35.5 Å². The lowest BCUT2D eigenvalue weighted by Crippen LogP contribution is -2.48. The lowest BCUT2D eigenvalue weighted by Gasteiger charge is -2.47. The first-order valence-corrected chi connectivity index (χ1v) is 13.8. The number of hydrogen-bond acceptors (Lipinski definition) is 4. The average Bonchev–Trinajstić information content (AvgIpc) is 3.14. The van der Waals surface area contributed by atoms with Crippen molar-refractivity contribution >= 4 is 17.6 Å². The number of cyclic esters (lactones) is 1. The molecule has 5 nitrogen and oxygen atoms in total. The maximum Gasteiger partial charge on any atom is 0.407 e. The van der Waals surface area contributed by atoms with Crippen molar-refractivity contribution < 1.29 is 23.5 Å². The first-order valence-electron chi connectivity index (χ1n) is 13.8. The Hall–Kier alpha value is -2.89. The highest BCUT2D eigenvalue weighted by Gasteiger charge is 2.54. The van der Waals surface area contributed by atoms with Crippen molar-refractivity contribution in [3.05, 3.63) is 65.5 Å². The average molecular weight is 508 g/mol. The van der Waals surface area contributed by atoms with Gasteiger partial charge < -0.3 is 14.8 Å². The Kier molecular flexibility index (Phi) is 7.55. The minimum Gasteiger partial charge on any atom is -0.462 e. The third-order valence-corrected chi connectivity index (χ3v) is 8.99. The molecule has 1 saturated heterocycles. The number of nitrogens with one attached hydrogen (secondary N) is 1. The lowest BCUT2D eigenvalue weighted by atomic mass is 9.57. The molecule has 6 heteroatoms. The number of amides is 1. The first-order chi connectivity index (χ1) is 17.8. The summed E-state index contributed by atoms with van der Waals surface area (Å²) in [6.45, 7) is 6.39. The third kappa shape index (κ3) is 5.39. The number of alkyl carbamates (subject to hydrolysis) is 1. The van der Waals surface area contributed by atoms with Crippen molar-refractivity contribution in [2.45, 2.75) is 65.0 Å². The van der Waals surface area contributed by atoms with E-state index in [2.05, 4.69) is 36.5 Å². The smallest absolute Gasteiger partial charge is 0.407 e. The predicted octanol–water partition coefficient (Wildman–Crippen LogP) is 6.46. The summed E-state index contributed by atoms with van der Waals surface area (Å²) in [5.74, 6) is 1.23. The molecule has 3 fully saturated rings. The van der Waals surface area contributed by atoms with Crippen LogP contribution in [0.15, 0.2) is 54.1 Å². The van der Waals surface area contributed by atoms with Gasteiger partial charge in [-0.05, 0) is 98.5 Å². The Morgan fingerprint density at radius 2 is 2.05 bits per heavy atom. The number of allylic oxidation sites excluding steroid dienone is 6. The maximum absolute atomic E-state index is 13.8. The van der Waals surface area contributed by atoms with Crippen LogP contribution in [-0.4, -0.2) is 30.8 Å². The third-order valence-electron chi connectivity index (χ3n) is 8.99. The summed E-state index contributed by atoms with van der Waals surface area (Å²) in [6, 6.07) is 6.89. The van der Waals surface area contributed by atoms with E-state index in [0.717, 1.165) is 43.2 Å². The lowest BCUT2D eigenvalue weighted by molar-refractivity contribution is -0.144. The maximum atomic E-state index is 13.8. The number of esters is 1. The number of carbonyl (C=O) groups excluding carboxylic acids is 2. The summed E-state index contributed by atoms with van der Waals surface area (Å²) in [5, 5.41) is 3.02. The van der Waals surface area contributed by atoms with Crippen molar-refractivity contribution in [1.29, 1.82) is 0 Å². The Bertz CT molecular complexity index is 1120. The van der Waals surface area contributed by atoms with E-state index < -0.39 is 0 Å². The van der Waals surface area contributed by atoms with E-state index in [1.54, 1.807) is 12.1 Å². The minimum atomic E-state index is -0.353. The molecule has 5 rings (SSSR count). The second kappa shape index (κ2) is 10.8. The number of carbonyl (C=O) groups is 2. The van der Waals surface area contributed by atoms with Crippen molar-refractivity contribution in [2.75, 3.05) is 6.61 Å². The summed E-state index contributed by atoms with van der Waals surface area (Å²) in [5.41, 5.74) is 3.35. The van der Waals surface area contributed by atoms with Gasteiger partial charge in [0, 0.05) is 12.0 Å². The summed E-state index contributed by atoms with van der Waals surface area (Å²) in [6.07, 6.45) is 13.0. The molecule has 0 aromatic heterocycles. The molecule has 1 aliphatic heterocycles. The normalized spacial score (nSPS) is 35.2. The number of benzene rings is 1. The van der Waals surface area contributed by atoms with Gasteiger partial charge in [0.25, 0.3) is 0 Å². The van der Waals surface area contributed by atoms with Gasteiger partial charge >= 0.3 is 12.1 Å². The number of hydrogen-bond donors (Lipinski definition) is 1. The van der Waals surface area contributed by atoms with Gasteiger partial charge in [0.15, 0.2) is 0 Å². The molecule has 1 aromatic rings. The number of rotatable bonds is 5. The number of halogens is 1. The minimum absolute atomic E-state index is 0.0667. The van der Waals surface area contributed by atoms with Crippen LogP contribution < -0.4 is 5.32 Å². The molecular formula is C31H38FNO4. The fourth-order valence-corrected chi connectivity index (χ4v) is 7.39. The van der Waals surface area contributed by atoms with Gasteiger partial charge in [-0.3, -0.25) is 4.79 Å². The van der Waals surface area contributed by atoms with Gasteiger partial charge in [0.2, 0.25) is 0 Å². The monoisotopic (exact) mass is 507 g/mol. The molecule has 37 heavy (non-hydrogen) atoms. The molecule has 198 valence electrons. The Balaban J connectivity index is 1.35. The van der Waals surface area contributed by atoms with Crippen LogP contribution in [0.4, 0.5) is 9.18 Å². The van der Waals surface area contributed by atoms with Gasteiger partial charge in [-0.15, -0.1) is 0 Å². The van der Waals surface area contributed by atoms with Gasteiger partial charge in [-0.25, -0.2) is 9.18 Å². The molecule has 1 amide bonds. The van der Waals surface area contributed by atoms with Crippen LogP contribution in [0.25, 0.3) is 5.57 Å². The van der Waals surface area contributed by atoms with Gasteiger partial charge in [-0.2, -0.15) is 0 Å². The highest BCUT2D eigenvalue weighted by atomic mass is 19.1. The highest BCUT2D eigenvalue weighted by Crippen LogP contribution is 2.53. The van der Waals surface area contributed by atoms with Crippen molar-refractivity contribution in [3.63, 3.8) is 0 Å². The predicted molar refractivity (Wildman–Crippen MR) is 141 cm³/mol. The molecule has 8 atom stereocenters. The standard InChI is InChI=1S/C31H38FNO4/c1-4-36-31(35)33-24-10-13-26-22(16-24)17-28-29(19(3)37-30(28)34)27(26)12-9-20-8-11-25(18(2)14-20)21-6-5-7-23(32)15-21/h5-9,11-12,15,18-19,22,24,26-29H,4,10,13-14,16-17H2,1-3H3,(H,33,35)/b12-9+/t18?,19-,22-,24-,26-,27-,28+,29-/m1/s1. The van der Waals surface area contributed by atoms with Gasteiger partial charge in [-0.1, -0.05) is 43.4 Å². The summed E-state index contributed by atoms with van der Waals surface area (Å²) >= 11 is 0. The Labute approximate surface area is 219 Å². The molecular weight excluding hydrogens is 469 g/mol. The Morgan fingerprint density at radius 3 is 2.81 bits per heavy atom. The van der Waals surface area contributed by atoms with Crippen LogP contribution in [-0.2, 0) is 14.3 Å². The number of ether oxygens (including phenoxy) is 2. The van der Waals surface area contributed by atoms with Crippen LogP contribution in [0.5, 0.6) is 0 Å². The Morgan fingerprint density at radius 1 is 1.22 bits per heavy atom. The van der Waals surface area contributed by atoms with Crippen LogP contribution in [0.3, 0.4) is 0 Å². The van der Waals surface area contributed by atoms with Crippen LogP contribution >= 0.6 is 0 Å². The van der Waals surface area contributed by atoms with Crippen LogP contribution in [0, 0.1) is 41.3 Å². The van der Waals surface area contributed by atoms with E-state index in [1.807, 2.05) is 19.9 Å². The molecule has 3 aliphatic carbocycles. The SMILES string of the molecule is CCOC(=O)N[C@@H]1CC[C@@H]2[C@H](C1)C[C@@H]1C(=O)O[C@H](C)[C@@H]1[C@@H]2/C=C/C1=CC=C(c2cccc(F)c2)C(C)C1. The molecule has 4 aliphatic rings. The van der Waals surface area contributed by atoms with E-state index >= 15 is 0 Å². The quantitative estimate of drug-likeness (QED) is 0.465. The van der Waals surface area contributed by atoms with Gasteiger partial charge in [0.1, 0.15) is 11.9 Å². The van der Waals surface area contributed by atoms with E-state index in [0.29, 0.717) is 18.4 Å². The van der Waals surface area contributed by atoms with Crippen LogP contribution in [0.2, 0.25) is 0 Å². The molecule has 1 aromatic carbocycles. The van der Waals surface area contributed by atoms with Crippen molar-refractivity contribution in [3.8, 4) is 0 Å². The zero-order chi connectivity index (χ0) is 26.1. The van der Waals surface area contributed by atoms with Crippen LogP contribution in [0.1, 0.15) is 58.4 Å². The second-order valence-electron chi connectivity index (χ2n) is 11.3. The topological polar surface area (TPSA) is 64.6 Å². The number of fused-ring (bicyclic) bond motifs is 2. The molecule has 1 heterocycles. The molecule has 0 radical (unpaired) electrons. The van der Waals surface area contributed by atoms with E-state index in [1.165, 1.54) is 11.6 Å². The highest BCUT2D eigenvalue weighted by molar-refractivity contribution is 5.75. The zero-order valence-electron chi connectivity index (χ0n) is 22.0. The molecule has 1 N–H and O–H groups in total. The van der Waals surface area contributed by atoms with E-state index in [9.17, 15) is 14.0 Å². The second-order valence-corrected chi connectivity index (χ2v) is 11.3. The largest absolute Gasteiger partial charge is 0.462 e. The van der Waals surface area contributed by atoms with E-state index in [-0.39, 0.29) is 53.7 Å². The summed E-state index contributed by atoms with van der Waals surface area (Å²) < 4.78 is 24.6. The molecule has 0 bridgehead atoms. The first kappa shape index (κ1) is 25.7. The fraction of sp³-hybridized carbons (Fsp3) is 0.548. The van der Waals surface area contributed by atoms with E-state index in [4.69, 9.17) is 9.47 Å². The summed E-state index contributed by atoms with van der Waals surface area (Å²) in [4.78, 5) is 24.7. The zero-order valence-corrected chi connectivity index (χ0v) is 22.0. The van der Waals surface area contributed by atoms with Gasteiger partial charge in [0.05, 0.1) is 12.5 Å². The van der Waals surface area contributed by atoms with Crippen molar-refractivity contribution in [1.82, 2.24) is 5.32 Å². The molecule has 1 unspecified atom stereocenters. The molecule has 2 saturated carbocycles. The molecule has 0 spiro atoms. The summed E-state index contributed by atoms with van der Waals surface area (Å²) in [7, 11) is 0. The fourth-order valence-electron chi connectivity index (χ4n) is 7.39.